The monoisotopic (exact) mass is 642 g/mol. The SMILES string of the molecule is CCCS(=O)(=O)Nc1cccc(-c2nc(C3CCN(C(=O)CN4CCC5(CC4)CNC5)CC3)sc2-c2ccnc(N)n2)c1F. The molecule has 1 aromatic carbocycles. The second-order valence-electron chi connectivity index (χ2n) is 12.2. The summed E-state index contributed by atoms with van der Waals surface area (Å²) in [7, 11) is -3.69. The lowest BCUT2D eigenvalue weighted by molar-refractivity contribution is -0.134. The molecule has 11 nitrogen and oxygen atoms in total. The maximum absolute atomic E-state index is 15.9. The lowest BCUT2D eigenvalue weighted by atomic mass is 9.73. The van der Waals surface area contributed by atoms with E-state index < -0.39 is 15.8 Å². The van der Waals surface area contributed by atoms with Crippen molar-refractivity contribution >= 4 is 38.9 Å². The molecule has 3 aliphatic heterocycles. The van der Waals surface area contributed by atoms with E-state index in [0.29, 0.717) is 47.7 Å². The normalized spacial score (nSPS) is 19.2. The second-order valence-corrected chi connectivity index (χ2v) is 15.0. The smallest absolute Gasteiger partial charge is 0.236 e. The summed E-state index contributed by atoms with van der Waals surface area (Å²) >= 11 is 1.42. The number of nitrogens with one attached hydrogen (secondary N) is 2. The fourth-order valence-corrected chi connectivity index (χ4v) is 8.68. The molecule has 3 fully saturated rings. The first-order chi connectivity index (χ1) is 21.2. The van der Waals surface area contributed by atoms with Gasteiger partial charge in [-0.3, -0.25) is 14.4 Å². The molecule has 236 valence electrons. The predicted molar refractivity (Wildman–Crippen MR) is 170 cm³/mol. The Bertz CT molecular complexity index is 1610. The zero-order valence-electron chi connectivity index (χ0n) is 24.9. The Balaban J connectivity index is 1.19. The molecule has 5 heterocycles. The highest BCUT2D eigenvalue weighted by atomic mass is 32.2. The summed E-state index contributed by atoms with van der Waals surface area (Å²) < 4.78 is 43.1. The highest BCUT2D eigenvalue weighted by Gasteiger charge is 2.40. The van der Waals surface area contributed by atoms with Crippen LogP contribution in [0.4, 0.5) is 16.0 Å². The Hall–Kier alpha value is -3.20. The molecule has 0 aliphatic carbocycles. The Labute approximate surface area is 261 Å². The van der Waals surface area contributed by atoms with E-state index in [0.717, 1.165) is 56.9 Å². The molecule has 44 heavy (non-hydrogen) atoms. The molecule has 0 atom stereocenters. The maximum Gasteiger partial charge on any atom is 0.236 e. The van der Waals surface area contributed by atoms with Gasteiger partial charge in [-0.15, -0.1) is 11.3 Å². The van der Waals surface area contributed by atoms with Crippen LogP contribution in [0.1, 0.15) is 50.0 Å². The Morgan fingerprint density at radius 1 is 1.16 bits per heavy atom. The Morgan fingerprint density at radius 3 is 2.57 bits per heavy atom. The van der Waals surface area contributed by atoms with Crippen LogP contribution in [-0.4, -0.2) is 90.6 Å². The minimum absolute atomic E-state index is 0.0880. The van der Waals surface area contributed by atoms with Crippen LogP contribution in [0.3, 0.4) is 0 Å². The number of likely N-dealkylation sites (tertiary alicyclic amines) is 2. The second kappa shape index (κ2) is 12.7. The van der Waals surface area contributed by atoms with Crippen molar-refractivity contribution in [2.75, 3.05) is 62.0 Å². The summed E-state index contributed by atoms with van der Waals surface area (Å²) in [5, 5.41) is 4.21. The minimum Gasteiger partial charge on any atom is -0.368 e. The number of hydrogen-bond donors (Lipinski definition) is 3. The summed E-state index contributed by atoms with van der Waals surface area (Å²) in [6, 6.07) is 6.30. The first kappa shape index (κ1) is 30.8. The van der Waals surface area contributed by atoms with Crippen LogP contribution in [0.25, 0.3) is 21.8 Å². The number of carbonyl (C=O) groups is 1. The van der Waals surface area contributed by atoms with Gasteiger partial charge in [0.1, 0.15) is 0 Å². The maximum atomic E-state index is 15.9. The van der Waals surface area contributed by atoms with Gasteiger partial charge in [-0.05, 0) is 68.8 Å². The van der Waals surface area contributed by atoms with E-state index in [1.807, 2.05) is 4.90 Å². The van der Waals surface area contributed by atoms with Crippen molar-refractivity contribution in [2.45, 2.75) is 44.9 Å². The number of halogens is 1. The van der Waals surface area contributed by atoms with Crippen LogP contribution in [0, 0.1) is 11.2 Å². The number of nitrogen functional groups attached to an aromatic ring is 1. The van der Waals surface area contributed by atoms with Crippen molar-refractivity contribution < 1.29 is 17.6 Å². The van der Waals surface area contributed by atoms with Gasteiger partial charge >= 0.3 is 0 Å². The molecule has 1 spiro atoms. The van der Waals surface area contributed by atoms with Crippen LogP contribution < -0.4 is 15.8 Å². The number of nitrogens with two attached hydrogens (primary N) is 1. The van der Waals surface area contributed by atoms with Gasteiger partial charge in [-0.1, -0.05) is 13.0 Å². The molecule has 6 rings (SSSR count). The van der Waals surface area contributed by atoms with Gasteiger partial charge in [0.2, 0.25) is 21.9 Å². The topological polar surface area (TPSA) is 146 Å². The van der Waals surface area contributed by atoms with Gasteiger partial charge < -0.3 is 16.0 Å². The van der Waals surface area contributed by atoms with Gasteiger partial charge in [0.25, 0.3) is 0 Å². The van der Waals surface area contributed by atoms with E-state index in [1.54, 1.807) is 31.3 Å². The van der Waals surface area contributed by atoms with E-state index in [-0.39, 0.29) is 34.8 Å². The molecule has 1 amide bonds. The minimum atomic E-state index is -3.69. The quantitative estimate of drug-likeness (QED) is 0.319. The van der Waals surface area contributed by atoms with E-state index in [1.165, 1.54) is 17.4 Å². The molecule has 0 bridgehead atoms. The number of thiazole rings is 1. The summed E-state index contributed by atoms with van der Waals surface area (Å²) in [5.41, 5.74) is 7.28. The fraction of sp³-hybridized carbons (Fsp3) is 0.533. The summed E-state index contributed by atoms with van der Waals surface area (Å²) in [6.45, 7) is 7.63. The number of rotatable bonds is 9. The number of sulfonamides is 1. The predicted octanol–water partition coefficient (Wildman–Crippen LogP) is 3.53. The van der Waals surface area contributed by atoms with Gasteiger partial charge in [-0.2, -0.15) is 0 Å². The van der Waals surface area contributed by atoms with Crippen molar-refractivity contribution in [1.29, 1.82) is 0 Å². The van der Waals surface area contributed by atoms with Crippen molar-refractivity contribution in [2.24, 2.45) is 5.41 Å². The van der Waals surface area contributed by atoms with E-state index in [2.05, 4.69) is 24.9 Å². The van der Waals surface area contributed by atoms with Gasteiger partial charge in [-0.25, -0.2) is 27.8 Å². The van der Waals surface area contributed by atoms with E-state index in [4.69, 9.17) is 10.7 Å². The fourth-order valence-electron chi connectivity index (χ4n) is 6.33. The lowest BCUT2D eigenvalue weighted by Crippen LogP contribution is -2.59. The van der Waals surface area contributed by atoms with Crippen molar-refractivity contribution in [1.82, 2.24) is 30.1 Å². The van der Waals surface area contributed by atoms with Gasteiger partial charge in [0.15, 0.2) is 5.82 Å². The molecule has 3 aromatic rings. The molecule has 0 saturated carbocycles. The van der Waals surface area contributed by atoms with Crippen LogP contribution in [0.15, 0.2) is 30.5 Å². The van der Waals surface area contributed by atoms with Gasteiger partial charge in [0.05, 0.1) is 39.3 Å². The van der Waals surface area contributed by atoms with Crippen molar-refractivity contribution in [3.05, 3.63) is 41.3 Å². The Kier molecular flexibility index (Phi) is 8.86. The molecule has 2 aromatic heterocycles. The number of piperidine rings is 2. The molecule has 0 radical (unpaired) electrons. The molecule has 3 saturated heterocycles. The molecule has 4 N–H and O–H groups in total. The molecule has 0 unspecified atom stereocenters. The summed E-state index contributed by atoms with van der Waals surface area (Å²) in [4.78, 5) is 31.3. The van der Waals surface area contributed by atoms with Crippen molar-refractivity contribution in [3.63, 3.8) is 0 Å². The zero-order chi connectivity index (χ0) is 30.9. The largest absolute Gasteiger partial charge is 0.368 e. The molecule has 3 aliphatic rings. The van der Waals surface area contributed by atoms with E-state index >= 15 is 4.39 Å². The molecule has 14 heteroatoms. The first-order valence-corrected chi connectivity index (χ1v) is 17.7. The van der Waals surface area contributed by atoms with Crippen LogP contribution in [-0.2, 0) is 14.8 Å². The third kappa shape index (κ3) is 6.58. The highest BCUT2D eigenvalue weighted by Crippen LogP contribution is 2.43. The number of anilines is 2. The van der Waals surface area contributed by atoms with E-state index in [9.17, 15) is 13.2 Å². The number of benzene rings is 1. The zero-order valence-corrected chi connectivity index (χ0v) is 26.5. The number of nitrogens with zero attached hydrogens (tertiary/aromatic N) is 5. The van der Waals surface area contributed by atoms with Crippen LogP contribution >= 0.6 is 11.3 Å². The van der Waals surface area contributed by atoms with Crippen molar-refractivity contribution in [3.8, 4) is 21.8 Å². The number of hydrogen-bond acceptors (Lipinski definition) is 10. The van der Waals surface area contributed by atoms with Crippen LogP contribution in [0.5, 0.6) is 0 Å². The standard InChI is InChI=1S/C30H39FN8O3S2/c1-2-16-44(41,42)37-22-5-3-4-21(25(22)31)26-27(23-6-11-34-29(32)35-23)43-28(36-26)20-7-12-39(13-8-20)24(40)17-38-14-9-30(10-15-38)18-33-19-30/h3-6,11,20,33,37H,2,7-10,12-19H2,1H3,(H2,32,34,35). The number of amides is 1. The highest BCUT2D eigenvalue weighted by molar-refractivity contribution is 7.92. The average molecular weight is 643 g/mol. The third-order valence-corrected chi connectivity index (χ3v) is 11.7. The average Bonchev–Trinajstić information content (AvgIpc) is 3.43. The molecular weight excluding hydrogens is 604 g/mol. The summed E-state index contributed by atoms with van der Waals surface area (Å²) in [5.74, 6) is -0.464. The lowest BCUT2D eigenvalue weighted by Gasteiger charge is -2.48. The Morgan fingerprint density at radius 2 is 1.91 bits per heavy atom. The number of aromatic nitrogens is 3. The first-order valence-electron chi connectivity index (χ1n) is 15.3. The third-order valence-electron chi connectivity index (χ3n) is 9.02. The number of carbonyl (C=O) groups excluding carboxylic acids is 1. The van der Waals surface area contributed by atoms with Gasteiger partial charge in [0, 0.05) is 43.9 Å². The summed E-state index contributed by atoms with van der Waals surface area (Å²) in [6.07, 6.45) is 5.75. The van der Waals surface area contributed by atoms with Crippen LogP contribution in [0.2, 0.25) is 0 Å². The molecular formula is C30H39FN8O3S2.